The van der Waals surface area contributed by atoms with E-state index in [1.54, 1.807) is 6.92 Å². The molecular formula is C8H14ClNO2. The Hall–Kier alpha value is -0.440. The van der Waals surface area contributed by atoms with E-state index in [2.05, 4.69) is 5.32 Å². The highest BCUT2D eigenvalue weighted by Gasteiger charge is 2.26. The molecule has 2 unspecified atom stereocenters. The maximum atomic E-state index is 11.0. The number of rotatable bonds is 2. The van der Waals surface area contributed by atoms with E-state index in [1.165, 1.54) is 0 Å². The van der Waals surface area contributed by atoms with E-state index in [1.807, 2.05) is 0 Å². The monoisotopic (exact) mass is 191 g/mol. The van der Waals surface area contributed by atoms with Crippen molar-refractivity contribution in [3.8, 4) is 0 Å². The number of amides is 1. The van der Waals surface area contributed by atoms with E-state index >= 15 is 0 Å². The summed E-state index contributed by atoms with van der Waals surface area (Å²) >= 11 is 5.95. The lowest BCUT2D eigenvalue weighted by Crippen LogP contribution is -2.38. The third-order valence-electron chi connectivity index (χ3n) is 2.01. The molecule has 1 fully saturated rings. The van der Waals surface area contributed by atoms with E-state index < -0.39 is 0 Å². The first-order chi connectivity index (χ1) is 5.74. The molecule has 0 aromatic heterocycles. The fourth-order valence-electron chi connectivity index (χ4n) is 1.40. The molecule has 12 heavy (non-hydrogen) atoms. The molecule has 1 amide bonds. The summed E-state index contributed by atoms with van der Waals surface area (Å²) in [7, 11) is 0. The highest BCUT2D eigenvalue weighted by atomic mass is 35.5. The van der Waals surface area contributed by atoms with Gasteiger partial charge in [-0.05, 0) is 26.2 Å². The zero-order valence-corrected chi connectivity index (χ0v) is 7.93. The number of hydrogen-bond acceptors (Lipinski definition) is 2. The van der Waals surface area contributed by atoms with Gasteiger partial charge in [-0.2, -0.15) is 0 Å². The molecule has 0 heterocycles. The number of halogens is 1. The van der Waals surface area contributed by atoms with Gasteiger partial charge in [-0.1, -0.05) is 0 Å². The van der Waals surface area contributed by atoms with Gasteiger partial charge in [0.05, 0.1) is 12.0 Å². The Labute approximate surface area is 77.4 Å². The van der Waals surface area contributed by atoms with Crippen LogP contribution in [0.1, 0.15) is 26.2 Å². The lowest BCUT2D eigenvalue weighted by molar-refractivity contribution is 0.148. The average Bonchev–Trinajstić information content (AvgIpc) is 2.37. The molecule has 2 atom stereocenters. The van der Waals surface area contributed by atoms with E-state index in [-0.39, 0.29) is 17.5 Å². The normalized spacial score (nSPS) is 28.5. The molecular weight excluding hydrogens is 178 g/mol. The lowest BCUT2D eigenvalue weighted by atomic mass is 10.2. The van der Waals surface area contributed by atoms with Crippen molar-refractivity contribution in [2.24, 2.45) is 0 Å². The Morgan fingerprint density at radius 3 is 2.92 bits per heavy atom. The summed E-state index contributed by atoms with van der Waals surface area (Å²) in [6, 6.07) is 0.103. The Bertz CT molecular complexity index is 163. The number of nitrogens with one attached hydrogen (secondary N) is 1. The number of alkyl carbamates (subject to hydrolysis) is 1. The van der Waals surface area contributed by atoms with Crippen molar-refractivity contribution in [3.05, 3.63) is 0 Å². The zero-order valence-electron chi connectivity index (χ0n) is 7.18. The molecule has 1 saturated carbocycles. The summed E-state index contributed by atoms with van der Waals surface area (Å²) in [6.07, 6.45) is 2.69. The van der Waals surface area contributed by atoms with Gasteiger partial charge < -0.3 is 10.1 Å². The van der Waals surface area contributed by atoms with Crippen LogP contribution in [0.5, 0.6) is 0 Å². The molecule has 1 aliphatic carbocycles. The van der Waals surface area contributed by atoms with Crippen LogP contribution in [0.15, 0.2) is 0 Å². The molecule has 1 N–H and O–H groups in total. The van der Waals surface area contributed by atoms with Crippen LogP contribution in [0.4, 0.5) is 4.79 Å². The Balaban J connectivity index is 2.25. The van der Waals surface area contributed by atoms with Crippen LogP contribution < -0.4 is 5.32 Å². The van der Waals surface area contributed by atoms with Gasteiger partial charge in [0.15, 0.2) is 0 Å². The van der Waals surface area contributed by atoms with E-state index in [4.69, 9.17) is 16.3 Å². The van der Waals surface area contributed by atoms with Crippen LogP contribution in [0, 0.1) is 0 Å². The van der Waals surface area contributed by atoms with Crippen LogP contribution in [0.3, 0.4) is 0 Å². The first-order valence-corrected chi connectivity index (χ1v) is 4.75. The number of alkyl halides is 1. The van der Waals surface area contributed by atoms with Gasteiger partial charge in [0, 0.05) is 6.04 Å². The number of hydrogen-bond donors (Lipinski definition) is 1. The van der Waals surface area contributed by atoms with Crippen molar-refractivity contribution < 1.29 is 9.53 Å². The van der Waals surface area contributed by atoms with Crippen molar-refractivity contribution in [2.75, 3.05) is 6.61 Å². The predicted octanol–water partition coefficient (Wildman–Crippen LogP) is 1.89. The molecule has 70 valence electrons. The molecule has 0 aromatic carbocycles. The number of carbonyl (C=O) groups is 1. The van der Waals surface area contributed by atoms with Crippen LogP contribution in [0.25, 0.3) is 0 Å². The van der Waals surface area contributed by atoms with Crippen LogP contribution in [-0.2, 0) is 4.74 Å². The summed E-state index contributed by atoms with van der Waals surface area (Å²) < 4.78 is 4.74. The minimum atomic E-state index is -0.352. The summed E-state index contributed by atoms with van der Waals surface area (Å²) in [4.78, 5) is 11.0. The van der Waals surface area contributed by atoms with Crippen molar-refractivity contribution >= 4 is 17.7 Å². The van der Waals surface area contributed by atoms with Crippen molar-refractivity contribution in [2.45, 2.75) is 37.6 Å². The minimum Gasteiger partial charge on any atom is -0.450 e. The average molecular weight is 192 g/mol. The quantitative estimate of drug-likeness (QED) is 0.677. The van der Waals surface area contributed by atoms with Gasteiger partial charge in [0.25, 0.3) is 0 Å². The maximum absolute atomic E-state index is 11.0. The second kappa shape index (κ2) is 4.55. The summed E-state index contributed by atoms with van der Waals surface area (Å²) in [5, 5.41) is 2.81. The second-order valence-corrected chi connectivity index (χ2v) is 3.48. The molecule has 0 bridgehead atoms. The molecule has 0 aliphatic heterocycles. The number of ether oxygens (including phenoxy) is 1. The van der Waals surface area contributed by atoms with Gasteiger partial charge in [0.1, 0.15) is 0 Å². The highest BCUT2D eigenvalue weighted by Crippen LogP contribution is 2.23. The lowest BCUT2D eigenvalue weighted by Gasteiger charge is -2.14. The molecule has 3 nitrogen and oxygen atoms in total. The highest BCUT2D eigenvalue weighted by molar-refractivity contribution is 6.21. The Morgan fingerprint density at radius 2 is 2.42 bits per heavy atom. The molecule has 0 saturated heterocycles. The summed E-state index contributed by atoms with van der Waals surface area (Å²) in [5.41, 5.74) is 0. The SMILES string of the molecule is CCOC(=O)NC1CCCC1Cl. The largest absolute Gasteiger partial charge is 0.450 e. The predicted molar refractivity (Wildman–Crippen MR) is 47.4 cm³/mol. The van der Waals surface area contributed by atoms with Crippen LogP contribution in [-0.4, -0.2) is 24.1 Å². The fraction of sp³-hybridized carbons (Fsp3) is 0.875. The zero-order chi connectivity index (χ0) is 8.97. The molecule has 1 aliphatic rings. The Morgan fingerprint density at radius 1 is 1.67 bits per heavy atom. The van der Waals surface area contributed by atoms with Crippen molar-refractivity contribution in [1.29, 1.82) is 0 Å². The molecule has 0 radical (unpaired) electrons. The standard InChI is InChI=1S/C8H14ClNO2/c1-2-12-8(11)10-7-5-3-4-6(7)9/h6-7H,2-5H2,1H3,(H,10,11). The topological polar surface area (TPSA) is 38.3 Å². The fourth-order valence-corrected chi connectivity index (χ4v) is 1.74. The van der Waals surface area contributed by atoms with Crippen LogP contribution in [0.2, 0.25) is 0 Å². The third kappa shape index (κ3) is 2.55. The van der Waals surface area contributed by atoms with E-state index in [0.29, 0.717) is 6.61 Å². The van der Waals surface area contributed by atoms with Gasteiger partial charge >= 0.3 is 6.09 Å². The van der Waals surface area contributed by atoms with Gasteiger partial charge in [0.2, 0.25) is 0 Å². The summed E-state index contributed by atoms with van der Waals surface area (Å²) in [5.74, 6) is 0. The van der Waals surface area contributed by atoms with E-state index in [9.17, 15) is 4.79 Å². The van der Waals surface area contributed by atoms with Gasteiger partial charge in [-0.25, -0.2) is 4.79 Å². The number of carbonyl (C=O) groups excluding carboxylic acids is 1. The smallest absolute Gasteiger partial charge is 0.407 e. The van der Waals surface area contributed by atoms with Gasteiger partial charge in [-0.3, -0.25) is 0 Å². The molecule has 0 spiro atoms. The molecule has 0 aromatic rings. The minimum absolute atomic E-state index is 0.0782. The first-order valence-electron chi connectivity index (χ1n) is 4.31. The summed E-state index contributed by atoms with van der Waals surface area (Å²) in [6.45, 7) is 2.19. The van der Waals surface area contributed by atoms with E-state index in [0.717, 1.165) is 19.3 Å². The first kappa shape index (κ1) is 9.65. The second-order valence-electron chi connectivity index (χ2n) is 2.92. The molecule has 1 rings (SSSR count). The molecule has 4 heteroatoms. The van der Waals surface area contributed by atoms with Crippen molar-refractivity contribution in [3.63, 3.8) is 0 Å². The maximum Gasteiger partial charge on any atom is 0.407 e. The third-order valence-corrected chi connectivity index (χ3v) is 2.53. The van der Waals surface area contributed by atoms with Crippen molar-refractivity contribution in [1.82, 2.24) is 5.32 Å². The Kier molecular flexibility index (Phi) is 3.66. The van der Waals surface area contributed by atoms with Crippen LogP contribution >= 0.6 is 11.6 Å². The van der Waals surface area contributed by atoms with Gasteiger partial charge in [-0.15, -0.1) is 11.6 Å².